The van der Waals surface area contributed by atoms with Crippen LogP contribution >= 0.6 is 35.0 Å². The number of carbonyl (C=O) groups excluding carboxylic acids is 2. The number of benzene rings is 3. The van der Waals surface area contributed by atoms with Crippen LogP contribution in [0.25, 0.3) is 10.9 Å². The van der Waals surface area contributed by atoms with Crippen LogP contribution in [0, 0.1) is 0 Å². The Labute approximate surface area is 272 Å². The Morgan fingerprint density at radius 1 is 1.07 bits per heavy atom. The summed E-state index contributed by atoms with van der Waals surface area (Å²) in [6.45, 7) is 6.71. The predicted molar refractivity (Wildman–Crippen MR) is 177 cm³/mol. The molecule has 0 saturated carbocycles. The Morgan fingerprint density at radius 3 is 2.55 bits per heavy atom. The van der Waals surface area contributed by atoms with E-state index in [4.69, 9.17) is 27.9 Å². The topological polar surface area (TPSA) is 77.7 Å². The molecule has 2 fully saturated rings. The van der Waals surface area contributed by atoms with E-state index in [1.54, 1.807) is 0 Å². The van der Waals surface area contributed by atoms with Gasteiger partial charge in [-0.25, -0.2) is 0 Å². The number of halogens is 2. The van der Waals surface area contributed by atoms with Crippen molar-refractivity contribution >= 4 is 57.7 Å². The van der Waals surface area contributed by atoms with Gasteiger partial charge in [-0.1, -0.05) is 59.6 Å². The molecule has 0 aliphatic carbocycles. The molecule has 0 bridgehead atoms. The average molecular weight is 652 g/mol. The number of H-pyrrole nitrogens is 1. The minimum atomic E-state index is -1.13. The van der Waals surface area contributed by atoms with Crippen molar-refractivity contribution in [1.82, 2.24) is 20.1 Å². The molecule has 6 rings (SSSR count). The Hall–Kier alpha value is -3.01. The third-order valence-electron chi connectivity index (χ3n) is 8.63. The molecular weight excluding hydrogens is 615 g/mol. The Balaban J connectivity index is 1.41. The number of nitrogens with one attached hydrogen (secondary N) is 2. The van der Waals surface area contributed by atoms with Crippen molar-refractivity contribution in [3.63, 3.8) is 0 Å². The molecular formula is C34H36Cl2N4O3S. The molecule has 2 aliphatic rings. The smallest absolute Gasteiger partial charge is 0.239 e. The summed E-state index contributed by atoms with van der Waals surface area (Å²) in [7, 11) is 0. The number of nitrogens with zero attached hydrogens (tertiary/aromatic N) is 2. The number of rotatable bonds is 10. The molecule has 230 valence electrons. The van der Waals surface area contributed by atoms with Crippen molar-refractivity contribution in [2.75, 3.05) is 39.4 Å². The highest BCUT2D eigenvalue weighted by Gasteiger charge is 2.59. The van der Waals surface area contributed by atoms with Gasteiger partial charge < -0.3 is 19.9 Å². The molecule has 3 heterocycles. The van der Waals surface area contributed by atoms with E-state index in [0.717, 1.165) is 66.2 Å². The monoisotopic (exact) mass is 650 g/mol. The molecule has 2 aliphatic heterocycles. The number of amides is 2. The van der Waals surface area contributed by atoms with Crippen LogP contribution in [0.2, 0.25) is 10.0 Å². The maximum Gasteiger partial charge on any atom is 0.239 e. The van der Waals surface area contributed by atoms with Crippen molar-refractivity contribution in [2.24, 2.45) is 0 Å². The molecule has 2 amide bonds. The summed E-state index contributed by atoms with van der Waals surface area (Å²) >= 11 is 14.0. The molecule has 3 atom stereocenters. The first-order valence-corrected chi connectivity index (χ1v) is 16.6. The van der Waals surface area contributed by atoms with Crippen LogP contribution < -0.4 is 5.32 Å². The highest BCUT2D eigenvalue weighted by Crippen LogP contribution is 2.56. The van der Waals surface area contributed by atoms with Crippen molar-refractivity contribution < 1.29 is 14.3 Å². The Bertz CT molecular complexity index is 1610. The molecule has 7 nitrogen and oxygen atoms in total. The molecule has 2 N–H and O–H groups in total. The van der Waals surface area contributed by atoms with Crippen LogP contribution in [0.15, 0.2) is 83.9 Å². The summed E-state index contributed by atoms with van der Waals surface area (Å²) in [4.78, 5) is 37.4. The number of morpholine rings is 1. The van der Waals surface area contributed by atoms with Gasteiger partial charge in [-0.2, -0.15) is 0 Å². The fourth-order valence-corrected chi connectivity index (χ4v) is 8.12. The van der Waals surface area contributed by atoms with Crippen molar-refractivity contribution in [3.05, 3.63) is 100 Å². The largest absolute Gasteiger partial charge is 0.379 e. The van der Waals surface area contributed by atoms with Crippen LogP contribution in [-0.4, -0.2) is 70.7 Å². The number of aromatic amines is 1. The van der Waals surface area contributed by atoms with E-state index in [2.05, 4.69) is 15.2 Å². The summed E-state index contributed by atoms with van der Waals surface area (Å²) in [5, 5.41) is 5.43. The second kappa shape index (κ2) is 13.5. The van der Waals surface area contributed by atoms with E-state index in [0.29, 0.717) is 16.6 Å². The van der Waals surface area contributed by atoms with Crippen molar-refractivity contribution in [1.29, 1.82) is 0 Å². The van der Waals surface area contributed by atoms with E-state index in [9.17, 15) is 9.59 Å². The van der Waals surface area contributed by atoms with Crippen molar-refractivity contribution in [3.8, 4) is 0 Å². The average Bonchev–Trinajstić information content (AvgIpc) is 3.57. The lowest BCUT2D eigenvalue weighted by Gasteiger charge is -2.39. The highest BCUT2D eigenvalue weighted by molar-refractivity contribution is 8.01. The van der Waals surface area contributed by atoms with Gasteiger partial charge in [0.1, 0.15) is 4.75 Å². The molecule has 4 aromatic rings. The lowest BCUT2D eigenvalue weighted by Crippen LogP contribution is -2.49. The van der Waals surface area contributed by atoms with Crippen molar-refractivity contribution in [2.45, 2.75) is 41.5 Å². The van der Waals surface area contributed by atoms with Gasteiger partial charge >= 0.3 is 0 Å². The molecule has 0 unspecified atom stereocenters. The second-order valence-electron chi connectivity index (χ2n) is 11.4. The molecule has 0 radical (unpaired) electrons. The summed E-state index contributed by atoms with van der Waals surface area (Å²) in [6.07, 6.45) is 2.80. The second-order valence-corrected chi connectivity index (χ2v) is 13.7. The fourth-order valence-electron chi connectivity index (χ4n) is 6.39. The minimum Gasteiger partial charge on any atom is -0.379 e. The standard InChI is InChI=1S/C34H36Cl2N4O3S/c1-23(24-8-10-25(35)11-9-24)40-31(41)21-34(44-27-6-3-2-4-7-27,33(42)37-14-5-15-39-16-18-43-19-17-39)32(40)29-22-38-30-20-26(36)12-13-28(29)30/h2-4,6-13,20,22-23,32,38H,5,14-19,21H2,1H3,(H,37,42)/t23-,32-,34+/m1/s1. The number of thioether (sulfide) groups is 1. The van der Waals surface area contributed by atoms with Crippen LogP contribution in [0.4, 0.5) is 0 Å². The zero-order valence-corrected chi connectivity index (χ0v) is 26.9. The zero-order valence-electron chi connectivity index (χ0n) is 24.6. The lowest BCUT2D eigenvalue weighted by molar-refractivity contribution is -0.131. The minimum absolute atomic E-state index is 0.0602. The number of ether oxygens (including phenoxy) is 1. The molecule has 10 heteroatoms. The maximum absolute atomic E-state index is 14.6. The number of hydrogen-bond acceptors (Lipinski definition) is 5. The van der Waals surface area contributed by atoms with Gasteiger partial charge in [0.2, 0.25) is 11.8 Å². The van der Waals surface area contributed by atoms with E-state index in [1.165, 1.54) is 11.8 Å². The summed E-state index contributed by atoms with van der Waals surface area (Å²) < 4.78 is 4.34. The first-order chi connectivity index (χ1) is 21.4. The van der Waals surface area contributed by atoms with Crippen LogP contribution in [0.1, 0.15) is 43.0 Å². The molecule has 1 aromatic heterocycles. The Morgan fingerprint density at radius 2 is 1.80 bits per heavy atom. The molecule has 2 saturated heterocycles. The van der Waals surface area contributed by atoms with E-state index >= 15 is 0 Å². The predicted octanol–water partition coefficient (Wildman–Crippen LogP) is 6.88. The zero-order chi connectivity index (χ0) is 30.7. The number of likely N-dealkylation sites (tertiary alicyclic amines) is 1. The SMILES string of the molecule is C[C@H](c1ccc(Cl)cc1)N1C(=O)C[C@@](Sc2ccccc2)(C(=O)NCCCN2CCOCC2)[C@H]1c1c[nH]c2cc(Cl)ccc12. The Kier molecular flexibility index (Phi) is 9.54. The van der Waals surface area contributed by atoms with Gasteiger partial charge in [0.15, 0.2) is 0 Å². The van der Waals surface area contributed by atoms with E-state index < -0.39 is 10.8 Å². The van der Waals surface area contributed by atoms with Gasteiger partial charge in [-0.05, 0) is 61.9 Å². The molecule has 0 spiro atoms. The fraction of sp³-hybridized carbons (Fsp3) is 0.353. The summed E-state index contributed by atoms with van der Waals surface area (Å²) in [5.41, 5.74) is 2.69. The van der Waals surface area contributed by atoms with E-state index in [1.807, 2.05) is 90.8 Å². The van der Waals surface area contributed by atoms with Gasteiger partial charge in [0.25, 0.3) is 0 Å². The quantitative estimate of drug-likeness (QED) is 0.183. The van der Waals surface area contributed by atoms with Crippen LogP contribution in [0.5, 0.6) is 0 Å². The number of carbonyl (C=O) groups is 2. The number of fused-ring (bicyclic) bond motifs is 1. The highest BCUT2D eigenvalue weighted by atomic mass is 35.5. The van der Waals surface area contributed by atoms with E-state index in [-0.39, 0.29) is 24.3 Å². The lowest BCUT2D eigenvalue weighted by atomic mass is 9.90. The summed E-state index contributed by atoms with van der Waals surface area (Å²) in [6, 6.07) is 22.3. The first kappa shape index (κ1) is 31.0. The van der Waals surface area contributed by atoms with Gasteiger partial charge in [-0.3, -0.25) is 14.5 Å². The third kappa shape index (κ3) is 6.37. The molecule has 44 heavy (non-hydrogen) atoms. The summed E-state index contributed by atoms with van der Waals surface area (Å²) in [5.74, 6) is -0.214. The molecule has 3 aromatic carbocycles. The first-order valence-electron chi connectivity index (χ1n) is 15.0. The number of aromatic nitrogens is 1. The van der Waals surface area contributed by atoms with Crippen LogP contribution in [0.3, 0.4) is 0 Å². The van der Waals surface area contributed by atoms with Crippen LogP contribution in [-0.2, 0) is 14.3 Å². The van der Waals surface area contributed by atoms with Gasteiger partial charge in [0, 0.05) is 57.2 Å². The third-order valence-corrected chi connectivity index (χ3v) is 10.5. The maximum atomic E-state index is 14.6. The van der Waals surface area contributed by atoms with Gasteiger partial charge in [-0.15, -0.1) is 11.8 Å². The number of hydrogen-bond donors (Lipinski definition) is 2. The van der Waals surface area contributed by atoms with Gasteiger partial charge in [0.05, 0.1) is 31.7 Å². The normalized spacial score (nSPS) is 21.6.